The van der Waals surface area contributed by atoms with E-state index in [1.54, 1.807) is 37.4 Å². The van der Waals surface area contributed by atoms with Crippen LogP contribution in [-0.2, 0) is 23.1 Å². The van der Waals surface area contributed by atoms with E-state index in [-0.39, 0.29) is 17.0 Å². The van der Waals surface area contributed by atoms with Gasteiger partial charge >= 0.3 is 5.97 Å². The van der Waals surface area contributed by atoms with Gasteiger partial charge in [0.25, 0.3) is 5.56 Å². The molecule has 3 aromatic rings. The molecule has 0 spiro atoms. The van der Waals surface area contributed by atoms with Crippen LogP contribution in [0.2, 0.25) is 0 Å². The van der Waals surface area contributed by atoms with Gasteiger partial charge in [-0.25, -0.2) is 9.48 Å². The number of aromatic nitrogens is 3. The number of hydrogen-bond donors (Lipinski definition) is 0. The molecular weight excluding hydrogens is 374 g/mol. The van der Waals surface area contributed by atoms with E-state index in [2.05, 4.69) is 5.10 Å². The lowest BCUT2D eigenvalue weighted by Crippen LogP contribution is -2.24. The number of Topliss-reactive ketones (excluding diaryl/α,β-unsaturated/α-hetero) is 1. The van der Waals surface area contributed by atoms with Gasteiger partial charge in [0, 0.05) is 43.0 Å². The summed E-state index contributed by atoms with van der Waals surface area (Å²) in [7, 11) is 3.09. The summed E-state index contributed by atoms with van der Waals surface area (Å²) in [6, 6.07) is 8.45. The largest absolute Gasteiger partial charge is 0.452 e. The third kappa shape index (κ3) is 3.97. The minimum Gasteiger partial charge on any atom is -0.452 e. The van der Waals surface area contributed by atoms with Crippen molar-refractivity contribution >= 4 is 22.5 Å². The molecule has 0 unspecified atom stereocenters. The Morgan fingerprint density at radius 3 is 2.52 bits per heavy atom. The molecule has 0 atom stereocenters. The predicted molar refractivity (Wildman–Crippen MR) is 107 cm³/mol. The molecule has 0 saturated heterocycles. The molecule has 29 heavy (non-hydrogen) atoms. The second-order valence-electron chi connectivity index (χ2n) is 6.75. The van der Waals surface area contributed by atoms with Crippen molar-refractivity contribution in [2.24, 2.45) is 7.05 Å². The molecule has 0 aliphatic carbocycles. The van der Waals surface area contributed by atoms with Crippen LogP contribution < -0.4 is 5.56 Å². The number of fused-ring (bicyclic) bond motifs is 1. The first kappa shape index (κ1) is 20.5. The fraction of sp³-hybridized carbons (Fsp3) is 0.333. The Labute approximate surface area is 167 Å². The van der Waals surface area contributed by atoms with Crippen molar-refractivity contribution in [3.63, 3.8) is 0 Å². The summed E-state index contributed by atoms with van der Waals surface area (Å²) >= 11 is 0. The maximum Gasteiger partial charge on any atom is 0.359 e. The van der Waals surface area contributed by atoms with E-state index in [0.29, 0.717) is 29.5 Å². The third-order valence-corrected chi connectivity index (χ3v) is 4.88. The third-order valence-electron chi connectivity index (χ3n) is 4.88. The van der Waals surface area contributed by atoms with Gasteiger partial charge in [0.15, 0.2) is 12.3 Å². The van der Waals surface area contributed by atoms with Gasteiger partial charge in [0.05, 0.1) is 12.0 Å². The molecule has 1 aromatic carbocycles. The van der Waals surface area contributed by atoms with Crippen LogP contribution in [0.15, 0.2) is 35.1 Å². The van der Waals surface area contributed by atoms with Crippen molar-refractivity contribution in [3.8, 4) is 0 Å². The summed E-state index contributed by atoms with van der Waals surface area (Å²) in [4.78, 5) is 37.4. The first-order valence-electron chi connectivity index (χ1n) is 9.17. The van der Waals surface area contributed by atoms with Crippen LogP contribution in [0.4, 0.5) is 0 Å². The molecule has 2 heterocycles. The second-order valence-corrected chi connectivity index (χ2v) is 6.75. The lowest BCUT2D eigenvalue weighted by Gasteiger charge is -2.09. The highest BCUT2D eigenvalue weighted by atomic mass is 16.5. The first-order chi connectivity index (χ1) is 13.8. The van der Waals surface area contributed by atoms with Crippen molar-refractivity contribution in [2.45, 2.75) is 20.4 Å². The fourth-order valence-electron chi connectivity index (χ4n) is 3.34. The number of methoxy groups -OCH3 is 1. The predicted octanol–water partition coefficient (Wildman–Crippen LogP) is 2.04. The number of ether oxygens (including phenoxy) is 2. The summed E-state index contributed by atoms with van der Waals surface area (Å²) in [6.07, 6.45) is 0. The number of nitrogens with zero attached hydrogens (tertiary/aromatic N) is 3. The number of rotatable bonds is 7. The highest BCUT2D eigenvalue weighted by Gasteiger charge is 2.20. The molecule has 0 aliphatic heterocycles. The van der Waals surface area contributed by atoms with E-state index in [1.807, 2.05) is 18.4 Å². The average molecular weight is 397 g/mol. The van der Waals surface area contributed by atoms with Gasteiger partial charge < -0.3 is 14.0 Å². The van der Waals surface area contributed by atoms with E-state index < -0.39 is 12.6 Å². The van der Waals surface area contributed by atoms with Gasteiger partial charge in [-0.2, -0.15) is 5.10 Å². The van der Waals surface area contributed by atoms with Crippen LogP contribution in [0.1, 0.15) is 32.2 Å². The maximum atomic E-state index is 12.6. The highest BCUT2D eigenvalue weighted by molar-refractivity contribution is 6.04. The zero-order chi connectivity index (χ0) is 21.1. The molecule has 0 radical (unpaired) electrons. The van der Waals surface area contributed by atoms with Crippen molar-refractivity contribution in [1.82, 2.24) is 14.3 Å². The standard InChI is InChI=1S/C21H23N3O5/c1-13-11-17(14(2)24(13)9-10-28-4)18(25)12-29-21(27)19-15-7-5-6-8-16(15)20(26)23(3)22-19/h5-8,11H,9-10,12H2,1-4H3. The number of esters is 1. The second kappa shape index (κ2) is 8.40. The summed E-state index contributed by atoms with van der Waals surface area (Å²) < 4.78 is 13.4. The molecule has 8 nitrogen and oxygen atoms in total. The Morgan fingerprint density at radius 1 is 1.14 bits per heavy atom. The lowest BCUT2D eigenvalue weighted by atomic mass is 10.1. The Balaban J connectivity index is 1.80. The molecule has 0 aliphatic rings. The minimum absolute atomic E-state index is 0.000988. The van der Waals surface area contributed by atoms with Crippen molar-refractivity contribution in [3.05, 3.63) is 63.3 Å². The quantitative estimate of drug-likeness (QED) is 0.447. The van der Waals surface area contributed by atoms with E-state index >= 15 is 0 Å². The normalized spacial score (nSPS) is 11.0. The average Bonchev–Trinajstić information content (AvgIpc) is 3.00. The Morgan fingerprint density at radius 2 is 1.83 bits per heavy atom. The van der Waals surface area contributed by atoms with Crippen LogP contribution >= 0.6 is 0 Å². The molecule has 3 rings (SSSR count). The minimum atomic E-state index is -0.752. The number of ketones is 1. The van der Waals surface area contributed by atoms with E-state index in [4.69, 9.17) is 9.47 Å². The zero-order valence-electron chi connectivity index (χ0n) is 16.9. The van der Waals surface area contributed by atoms with Crippen LogP contribution in [0.3, 0.4) is 0 Å². The van der Waals surface area contributed by atoms with E-state index in [1.165, 1.54) is 7.05 Å². The smallest absolute Gasteiger partial charge is 0.359 e. The van der Waals surface area contributed by atoms with E-state index in [9.17, 15) is 14.4 Å². The van der Waals surface area contributed by atoms with Gasteiger partial charge in [0.1, 0.15) is 0 Å². The number of carbonyl (C=O) groups excluding carboxylic acids is 2. The number of carbonyl (C=O) groups is 2. The maximum absolute atomic E-state index is 12.6. The molecular formula is C21H23N3O5. The molecule has 2 aromatic heterocycles. The van der Waals surface area contributed by atoms with Crippen LogP contribution in [0.25, 0.3) is 10.8 Å². The van der Waals surface area contributed by atoms with Gasteiger partial charge in [-0.3, -0.25) is 9.59 Å². The van der Waals surface area contributed by atoms with Gasteiger partial charge in [0.2, 0.25) is 5.78 Å². The SMILES string of the molecule is COCCn1c(C)cc(C(=O)COC(=O)c2nn(C)c(=O)c3ccccc23)c1C. The summed E-state index contributed by atoms with van der Waals surface area (Å²) in [5, 5.41) is 4.78. The molecule has 0 fully saturated rings. The molecule has 8 heteroatoms. The molecule has 0 N–H and O–H groups in total. The summed E-state index contributed by atoms with van der Waals surface area (Å²) in [5.41, 5.74) is 1.92. The number of hydrogen-bond acceptors (Lipinski definition) is 6. The molecule has 0 bridgehead atoms. The number of aryl methyl sites for hydroxylation is 2. The Bertz CT molecular complexity index is 1140. The zero-order valence-corrected chi connectivity index (χ0v) is 16.9. The molecule has 0 amide bonds. The van der Waals surface area contributed by atoms with E-state index in [0.717, 1.165) is 16.1 Å². The molecule has 0 saturated carbocycles. The highest BCUT2D eigenvalue weighted by Crippen LogP contribution is 2.17. The van der Waals surface area contributed by atoms with Crippen molar-refractivity contribution in [1.29, 1.82) is 0 Å². The molecule has 152 valence electrons. The summed E-state index contributed by atoms with van der Waals surface area (Å²) in [6.45, 7) is 4.51. The Kier molecular flexibility index (Phi) is 5.93. The summed E-state index contributed by atoms with van der Waals surface area (Å²) in [5.74, 6) is -1.05. The van der Waals surface area contributed by atoms with Crippen molar-refractivity contribution < 1.29 is 19.1 Å². The van der Waals surface area contributed by atoms with Crippen molar-refractivity contribution in [2.75, 3.05) is 20.3 Å². The van der Waals surface area contributed by atoms with Gasteiger partial charge in [-0.1, -0.05) is 18.2 Å². The topological polar surface area (TPSA) is 92.4 Å². The first-order valence-corrected chi connectivity index (χ1v) is 9.17. The fourth-order valence-corrected chi connectivity index (χ4v) is 3.34. The van der Waals surface area contributed by atoms with Gasteiger partial charge in [-0.05, 0) is 26.0 Å². The lowest BCUT2D eigenvalue weighted by molar-refractivity contribution is 0.0468. The number of benzene rings is 1. The van der Waals surface area contributed by atoms with Crippen LogP contribution in [0, 0.1) is 13.8 Å². The van der Waals surface area contributed by atoms with Crippen LogP contribution in [-0.4, -0.2) is 46.4 Å². The van der Waals surface area contributed by atoms with Gasteiger partial charge in [-0.15, -0.1) is 0 Å². The monoisotopic (exact) mass is 397 g/mol. The van der Waals surface area contributed by atoms with Crippen LogP contribution in [0.5, 0.6) is 0 Å². The Hall–Kier alpha value is -3.26.